The Hall–Kier alpha value is -2.15. The number of aromatic nitrogens is 3. The van der Waals surface area contributed by atoms with Gasteiger partial charge >= 0.3 is 0 Å². The molecule has 0 aliphatic heterocycles. The van der Waals surface area contributed by atoms with Crippen LogP contribution in [0.3, 0.4) is 0 Å². The summed E-state index contributed by atoms with van der Waals surface area (Å²) in [5.74, 6) is 6.45. The second-order valence-electron chi connectivity index (χ2n) is 4.49. The smallest absolute Gasteiger partial charge is 0.124 e. The van der Waals surface area contributed by atoms with Gasteiger partial charge in [0.05, 0.1) is 31.1 Å². The summed E-state index contributed by atoms with van der Waals surface area (Å²) in [6.45, 7) is 0. The molecule has 0 aliphatic rings. The van der Waals surface area contributed by atoms with E-state index in [4.69, 9.17) is 22.2 Å². The van der Waals surface area contributed by atoms with Crippen molar-refractivity contribution in [2.24, 2.45) is 5.84 Å². The zero-order valence-electron chi connectivity index (χ0n) is 11.3. The maximum absolute atomic E-state index is 6.10. The summed E-state index contributed by atoms with van der Waals surface area (Å²) in [5.41, 5.74) is 5.39. The lowest BCUT2D eigenvalue weighted by Gasteiger charge is -2.18. The van der Waals surface area contributed by atoms with Crippen LogP contribution in [0.2, 0.25) is 5.02 Å². The zero-order valence-corrected chi connectivity index (χ0v) is 12.1. The first-order valence-corrected chi connectivity index (χ1v) is 6.69. The Bertz CT molecular complexity index is 773. The van der Waals surface area contributed by atoms with E-state index in [1.807, 2.05) is 12.1 Å². The van der Waals surface area contributed by atoms with Crippen LogP contribution in [0.4, 0.5) is 0 Å². The van der Waals surface area contributed by atoms with Gasteiger partial charge in [0.2, 0.25) is 0 Å². The van der Waals surface area contributed by atoms with Gasteiger partial charge in [-0.2, -0.15) is 5.10 Å². The van der Waals surface area contributed by atoms with E-state index in [0.29, 0.717) is 10.8 Å². The third-order valence-electron chi connectivity index (χ3n) is 3.33. The van der Waals surface area contributed by atoms with E-state index in [9.17, 15) is 0 Å². The predicted molar refractivity (Wildman–Crippen MR) is 80.2 cm³/mol. The Kier molecular flexibility index (Phi) is 3.74. The summed E-state index contributed by atoms with van der Waals surface area (Å²) in [4.78, 5) is 4.13. The van der Waals surface area contributed by atoms with Crippen LogP contribution < -0.4 is 16.0 Å². The van der Waals surface area contributed by atoms with Crippen molar-refractivity contribution < 1.29 is 4.74 Å². The van der Waals surface area contributed by atoms with Crippen LogP contribution in [0.5, 0.6) is 5.75 Å². The van der Waals surface area contributed by atoms with Gasteiger partial charge in [-0.15, -0.1) is 0 Å². The lowest BCUT2D eigenvalue weighted by Crippen LogP contribution is -2.29. The molecule has 0 fully saturated rings. The Morgan fingerprint density at radius 2 is 2.19 bits per heavy atom. The molecule has 1 aromatic carbocycles. The maximum Gasteiger partial charge on any atom is 0.124 e. The molecule has 0 saturated heterocycles. The fraction of sp³-hybridized carbons (Fsp3) is 0.143. The summed E-state index contributed by atoms with van der Waals surface area (Å²) < 4.78 is 7.14. The van der Waals surface area contributed by atoms with Crippen molar-refractivity contribution in [1.29, 1.82) is 0 Å². The van der Waals surface area contributed by atoms with Gasteiger partial charge in [0.1, 0.15) is 5.75 Å². The first kappa shape index (κ1) is 13.8. The van der Waals surface area contributed by atoms with Crippen molar-refractivity contribution in [3.05, 3.63) is 59.1 Å². The number of nitrogens with two attached hydrogens (primary N) is 1. The summed E-state index contributed by atoms with van der Waals surface area (Å²) in [6.07, 6.45) is 6.95. The SMILES string of the molecule is COc1ccc(Cl)cc1C(NN)c1cnn2ccncc12. The number of hydrazine groups is 1. The van der Waals surface area contributed by atoms with Gasteiger partial charge in [-0.3, -0.25) is 10.8 Å². The van der Waals surface area contributed by atoms with Gasteiger partial charge in [-0.25, -0.2) is 9.94 Å². The molecule has 0 amide bonds. The monoisotopic (exact) mass is 303 g/mol. The third-order valence-corrected chi connectivity index (χ3v) is 3.57. The minimum absolute atomic E-state index is 0.305. The van der Waals surface area contributed by atoms with Gasteiger partial charge < -0.3 is 4.74 Å². The number of methoxy groups -OCH3 is 1. The highest BCUT2D eigenvalue weighted by atomic mass is 35.5. The Labute approximate surface area is 126 Å². The highest BCUT2D eigenvalue weighted by Gasteiger charge is 2.21. The number of nitrogens with zero attached hydrogens (tertiary/aromatic N) is 3. The second-order valence-corrected chi connectivity index (χ2v) is 4.93. The second kappa shape index (κ2) is 5.69. The van der Waals surface area contributed by atoms with E-state index in [1.54, 1.807) is 42.5 Å². The van der Waals surface area contributed by atoms with Crippen LogP contribution in [0.1, 0.15) is 17.2 Å². The average molecular weight is 304 g/mol. The molecule has 3 aromatic rings. The Balaban J connectivity index is 2.16. The van der Waals surface area contributed by atoms with E-state index in [1.165, 1.54) is 0 Å². The van der Waals surface area contributed by atoms with E-state index in [2.05, 4.69) is 15.5 Å². The maximum atomic E-state index is 6.10. The summed E-state index contributed by atoms with van der Waals surface area (Å²) in [6, 6.07) is 5.10. The number of halogens is 1. The number of rotatable bonds is 4. The van der Waals surface area contributed by atoms with E-state index in [0.717, 1.165) is 16.6 Å². The highest BCUT2D eigenvalue weighted by molar-refractivity contribution is 6.30. The van der Waals surface area contributed by atoms with Crippen LogP contribution in [-0.4, -0.2) is 21.7 Å². The minimum Gasteiger partial charge on any atom is -0.496 e. The number of fused-ring (bicyclic) bond motifs is 1. The number of ether oxygens (including phenoxy) is 1. The molecule has 0 aliphatic carbocycles. The van der Waals surface area contributed by atoms with Gasteiger partial charge in [0.25, 0.3) is 0 Å². The summed E-state index contributed by atoms with van der Waals surface area (Å²) >= 11 is 6.10. The average Bonchev–Trinajstić information content (AvgIpc) is 2.93. The molecule has 0 spiro atoms. The lowest BCUT2D eigenvalue weighted by molar-refractivity contribution is 0.404. The molecule has 2 heterocycles. The Morgan fingerprint density at radius 3 is 2.95 bits per heavy atom. The van der Waals surface area contributed by atoms with E-state index in [-0.39, 0.29) is 6.04 Å². The molecule has 2 aromatic heterocycles. The molecule has 1 atom stereocenters. The number of hydrogen-bond acceptors (Lipinski definition) is 5. The normalized spacial score (nSPS) is 12.5. The first-order valence-electron chi connectivity index (χ1n) is 6.31. The molecule has 3 N–H and O–H groups in total. The standard InChI is InChI=1S/C14H14ClN5O/c1-21-13-3-2-9(15)6-10(13)14(19-16)11-7-18-20-5-4-17-8-12(11)20/h2-8,14,19H,16H2,1H3. The van der Waals surface area contributed by atoms with Gasteiger partial charge in [0, 0.05) is 28.5 Å². The molecule has 21 heavy (non-hydrogen) atoms. The molecule has 1 unspecified atom stereocenters. The van der Waals surface area contributed by atoms with E-state index < -0.39 is 0 Å². The molecule has 0 bridgehead atoms. The minimum atomic E-state index is -0.305. The van der Waals surface area contributed by atoms with Crippen molar-refractivity contribution in [3.8, 4) is 5.75 Å². The first-order chi connectivity index (χ1) is 10.2. The molecular formula is C14H14ClN5O. The van der Waals surface area contributed by atoms with Crippen molar-refractivity contribution in [3.63, 3.8) is 0 Å². The highest BCUT2D eigenvalue weighted by Crippen LogP contribution is 2.33. The van der Waals surface area contributed by atoms with Crippen molar-refractivity contribution >= 4 is 17.1 Å². The van der Waals surface area contributed by atoms with Crippen LogP contribution in [0.15, 0.2) is 43.0 Å². The fourth-order valence-corrected chi connectivity index (χ4v) is 2.53. The van der Waals surface area contributed by atoms with Crippen LogP contribution >= 0.6 is 11.6 Å². The van der Waals surface area contributed by atoms with Gasteiger partial charge in [0.15, 0.2) is 0 Å². The van der Waals surface area contributed by atoms with Gasteiger partial charge in [-0.1, -0.05) is 11.6 Å². The number of nitrogens with one attached hydrogen (secondary N) is 1. The summed E-state index contributed by atoms with van der Waals surface area (Å²) in [7, 11) is 1.61. The third kappa shape index (κ3) is 2.44. The zero-order chi connectivity index (χ0) is 14.8. The number of benzene rings is 1. The number of hydrogen-bond donors (Lipinski definition) is 2. The topological polar surface area (TPSA) is 77.5 Å². The molecule has 7 heteroatoms. The molecule has 0 radical (unpaired) electrons. The van der Waals surface area contributed by atoms with Crippen LogP contribution in [-0.2, 0) is 0 Å². The summed E-state index contributed by atoms with van der Waals surface area (Å²) in [5, 5.41) is 4.91. The van der Waals surface area contributed by atoms with Crippen molar-refractivity contribution in [1.82, 2.24) is 20.0 Å². The molecule has 108 valence electrons. The quantitative estimate of drug-likeness (QED) is 0.569. The molecular weight excluding hydrogens is 290 g/mol. The molecule has 6 nitrogen and oxygen atoms in total. The molecule has 0 saturated carbocycles. The molecule has 3 rings (SSSR count). The van der Waals surface area contributed by atoms with Crippen LogP contribution in [0, 0.1) is 0 Å². The van der Waals surface area contributed by atoms with Crippen molar-refractivity contribution in [2.75, 3.05) is 7.11 Å². The lowest BCUT2D eigenvalue weighted by atomic mass is 10.00. The predicted octanol–water partition coefficient (Wildman–Crippen LogP) is 1.94. The fourth-order valence-electron chi connectivity index (χ4n) is 2.35. The van der Waals surface area contributed by atoms with Crippen LogP contribution in [0.25, 0.3) is 5.52 Å². The largest absolute Gasteiger partial charge is 0.496 e. The Morgan fingerprint density at radius 1 is 1.33 bits per heavy atom. The van der Waals surface area contributed by atoms with Crippen molar-refractivity contribution in [2.45, 2.75) is 6.04 Å². The van der Waals surface area contributed by atoms with Gasteiger partial charge in [-0.05, 0) is 18.2 Å². The van der Waals surface area contributed by atoms with E-state index >= 15 is 0 Å².